The first-order chi connectivity index (χ1) is 10.2. The first-order valence-corrected chi connectivity index (χ1v) is 7.88. The molecule has 3 rings (SSSR count). The Morgan fingerprint density at radius 1 is 0.909 bits per heavy atom. The minimum Gasteiger partial charge on any atom is -1.00 e. The van der Waals surface area contributed by atoms with Crippen LogP contribution in [0.3, 0.4) is 0 Å². The lowest BCUT2D eigenvalue weighted by atomic mass is 9.92. The Labute approximate surface area is 151 Å². The maximum atomic E-state index is 2.38. The second-order valence-electron chi connectivity index (χ2n) is 6.28. The summed E-state index contributed by atoms with van der Waals surface area (Å²) >= 11 is 0. The van der Waals surface area contributed by atoms with E-state index >= 15 is 0 Å². The molecule has 0 amide bonds. The number of likely N-dealkylation sites (N-methyl/N-ethyl adjacent to an activating group) is 1. The molecule has 0 radical (unpaired) electrons. The highest BCUT2D eigenvalue weighted by Crippen LogP contribution is 2.33. The van der Waals surface area contributed by atoms with E-state index in [0.29, 0.717) is 0 Å². The summed E-state index contributed by atoms with van der Waals surface area (Å²) in [6.07, 6.45) is 1.21. The summed E-state index contributed by atoms with van der Waals surface area (Å²) in [5.41, 5.74) is 5.76. The molecule has 0 aliphatic carbocycles. The molecule has 1 atom stereocenters. The van der Waals surface area contributed by atoms with Gasteiger partial charge in [-0.15, -0.1) is 0 Å². The van der Waals surface area contributed by atoms with Gasteiger partial charge in [0.15, 0.2) is 0 Å². The van der Waals surface area contributed by atoms with Crippen LogP contribution in [0.2, 0.25) is 0 Å². The second-order valence-corrected chi connectivity index (χ2v) is 6.28. The van der Waals surface area contributed by atoms with Crippen molar-refractivity contribution >= 4 is 5.57 Å². The number of benzene rings is 2. The molecular formula is C20H24IN. The van der Waals surface area contributed by atoms with Crippen LogP contribution in [0.4, 0.5) is 0 Å². The molecule has 1 fully saturated rings. The number of halogens is 1. The monoisotopic (exact) mass is 405 g/mol. The topological polar surface area (TPSA) is 0 Å². The largest absolute Gasteiger partial charge is 1.00 e. The predicted octanol–water partition coefficient (Wildman–Crippen LogP) is 1.36. The number of rotatable bonds is 3. The molecule has 1 heterocycles. The van der Waals surface area contributed by atoms with Crippen molar-refractivity contribution in [3.05, 3.63) is 77.4 Å². The van der Waals surface area contributed by atoms with Crippen molar-refractivity contribution in [3.8, 4) is 0 Å². The summed E-state index contributed by atoms with van der Waals surface area (Å²) in [5, 5.41) is 0. The van der Waals surface area contributed by atoms with Crippen LogP contribution in [0.5, 0.6) is 0 Å². The number of quaternary nitrogens is 1. The zero-order valence-corrected chi connectivity index (χ0v) is 15.6. The molecule has 0 spiro atoms. The van der Waals surface area contributed by atoms with Gasteiger partial charge in [0.1, 0.15) is 6.54 Å². The van der Waals surface area contributed by atoms with E-state index in [-0.39, 0.29) is 24.0 Å². The summed E-state index contributed by atoms with van der Waals surface area (Å²) in [6, 6.07) is 21.7. The molecule has 2 heteroatoms. The van der Waals surface area contributed by atoms with Gasteiger partial charge in [-0.25, -0.2) is 0 Å². The molecule has 1 aliphatic heterocycles. The molecule has 0 bridgehead atoms. The van der Waals surface area contributed by atoms with Crippen molar-refractivity contribution < 1.29 is 28.5 Å². The van der Waals surface area contributed by atoms with Gasteiger partial charge in [0.25, 0.3) is 0 Å². The Morgan fingerprint density at radius 2 is 1.41 bits per heavy atom. The maximum Gasteiger partial charge on any atom is 0.101 e. The van der Waals surface area contributed by atoms with Crippen molar-refractivity contribution in [2.45, 2.75) is 13.3 Å². The minimum absolute atomic E-state index is 0. The van der Waals surface area contributed by atoms with Gasteiger partial charge in [-0.1, -0.05) is 60.7 Å². The van der Waals surface area contributed by atoms with Crippen molar-refractivity contribution in [2.75, 3.05) is 26.7 Å². The third kappa shape index (κ3) is 3.61. The van der Waals surface area contributed by atoms with Gasteiger partial charge in [-0.2, -0.15) is 0 Å². The fourth-order valence-corrected chi connectivity index (χ4v) is 3.28. The first-order valence-electron chi connectivity index (χ1n) is 7.88. The Hall–Kier alpha value is -1.13. The van der Waals surface area contributed by atoms with Gasteiger partial charge in [-0.3, -0.25) is 0 Å². The molecule has 0 saturated carbocycles. The standard InChI is InChI=1S/C20H24N.HI/c1-3-21(2)15-14-19(16-21)20(17-10-6-4-7-11-17)18-12-8-5-9-13-18;/h4-13H,3,14-16H2,1-2H3;1H/q+1;/p-1. The lowest BCUT2D eigenvalue weighted by Gasteiger charge is -2.27. The Bertz CT molecular complexity index is 592. The highest BCUT2D eigenvalue weighted by Gasteiger charge is 2.31. The molecule has 0 aromatic heterocycles. The highest BCUT2D eigenvalue weighted by molar-refractivity contribution is 5.82. The maximum absolute atomic E-state index is 2.38. The Balaban J connectivity index is 0.00000176. The molecule has 0 N–H and O–H groups in total. The van der Waals surface area contributed by atoms with E-state index in [1.807, 2.05) is 0 Å². The van der Waals surface area contributed by atoms with Crippen LogP contribution in [-0.4, -0.2) is 31.2 Å². The zero-order valence-electron chi connectivity index (χ0n) is 13.4. The van der Waals surface area contributed by atoms with Crippen molar-refractivity contribution in [1.82, 2.24) is 0 Å². The normalized spacial score (nSPS) is 20.5. The van der Waals surface area contributed by atoms with Crippen LogP contribution in [0.15, 0.2) is 66.2 Å². The van der Waals surface area contributed by atoms with Crippen molar-refractivity contribution in [3.63, 3.8) is 0 Å². The van der Waals surface area contributed by atoms with E-state index in [1.54, 1.807) is 5.57 Å². The predicted molar refractivity (Wildman–Crippen MR) is 90.0 cm³/mol. The molecule has 22 heavy (non-hydrogen) atoms. The number of hydrogen-bond donors (Lipinski definition) is 0. The van der Waals surface area contributed by atoms with E-state index in [9.17, 15) is 0 Å². The van der Waals surface area contributed by atoms with Gasteiger partial charge in [0, 0.05) is 6.42 Å². The fourth-order valence-electron chi connectivity index (χ4n) is 3.28. The number of hydrogen-bond acceptors (Lipinski definition) is 0. The van der Waals surface area contributed by atoms with E-state index in [1.165, 1.54) is 47.2 Å². The highest BCUT2D eigenvalue weighted by atomic mass is 127. The van der Waals surface area contributed by atoms with Gasteiger partial charge >= 0.3 is 0 Å². The second kappa shape index (κ2) is 7.42. The van der Waals surface area contributed by atoms with E-state index in [4.69, 9.17) is 0 Å². The molecule has 2 aromatic rings. The average molecular weight is 405 g/mol. The molecule has 116 valence electrons. The summed E-state index contributed by atoms with van der Waals surface area (Å²) in [7, 11) is 2.38. The van der Waals surface area contributed by atoms with Crippen LogP contribution >= 0.6 is 0 Å². The molecular weight excluding hydrogens is 381 g/mol. The van der Waals surface area contributed by atoms with Gasteiger partial charge in [0.2, 0.25) is 0 Å². The van der Waals surface area contributed by atoms with Gasteiger partial charge in [-0.05, 0) is 29.2 Å². The van der Waals surface area contributed by atoms with Crippen LogP contribution in [0.25, 0.3) is 5.57 Å². The molecule has 1 aliphatic rings. The molecule has 1 saturated heterocycles. The molecule has 1 nitrogen and oxygen atoms in total. The van der Waals surface area contributed by atoms with Crippen molar-refractivity contribution in [2.24, 2.45) is 0 Å². The third-order valence-electron chi connectivity index (χ3n) is 4.77. The number of likely N-dealkylation sites (tertiary alicyclic amines) is 1. The fraction of sp³-hybridized carbons (Fsp3) is 0.300. The summed E-state index contributed by atoms with van der Waals surface area (Å²) in [4.78, 5) is 0. The van der Waals surface area contributed by atoms with Crippen LogP contribution < -0.4 is 24.0 Å². The zero-order chi connectivity index (χ0) is 14.7. The molecule has 1 unspecified atom stereocenters. The summed E-state index contributed by atoms with van der Waals surface area (Å²) < 4.78 is 1.17. The van der Waals surface area contributed by atoms with Gasteiger partial charge < -0.3 is 28.5 Å². The van der Waals surface area contributed by atoms with Gasteiger partial charge in [0.05, 0.1) is 20.1 Å². The Morgan fingerprint density at radius 3 is 1.82 bits per heavy atom. The van der Waals surface area contributed by atoms with E-state index in [0.717, 1.165) is 0 Å². The average Bonchev–Trinajstić information content (AvgIpc) is 2.93. The first kappa shape index (κ1) is 17.2. The summed E-state index contributed by atoms with van der Waals surface area (Å²) in [6.45, 7) is 5.94. The van der Waals surface area contributed by atoms with E-state index in [2.05, 4.69) is 74.6 Å². The third-order valence-corrected chi connectivity index (χ3v) is 4.77. The van der Waals surface area contributed by atoms with Crippen LogP contribution in [0.1, 0.15) is 24.5 Å². The lowest BCUT2D eigenvalue weighted by molar-refractivity contribution is -0.893. The minimum atomic E-state index is 0. The quantitative estimate of drug-likeness (QED) is 0.535. The van der Waals surface area contributed by atoms with E-state index < -0.39 is 0 Å². The van der Waals surface area contributed by atoms with Crippen molar-refractivity contribution in [1.29, 1.82) is 0 Å². The van der Waals surface area contributed by atoms with Crippen LogP contribution in [-0.2, 0) is 0 Å². The SMILES string of the molecule is CC[N+]1(C)CCC(=C(c2ccccc2)c2ccccc2)C1.[I-]. The molecule has 2 aromatic carbocycles. The lowest BCUT2D eigenvalue weighted by Crippen LogP contribution is -3.00. The number of nitrogens with zero attached hydrogens (tertiary/aromatic N) is 1. The smallest absolute Gasteiger partial charge is 0.101 e. The van der Waals surface area contributed by atoms with Crippen LogP contribution in [0, 0.1) is 0 Å². The summed E-state index contributed by atoms with van der Waals surface area (Å²) in [5.74, 6) is 0. The Kier molecular flexibility index (Phi) is 5.81.